The zero-order valence-corrected chi connectivity index (χ0v) is 9.32. The van der Waals surface area contributed by atoms with Crippen molar-refractivity contribution in [2.45, 2.75) is 13.5 Å². The highest BCUT2D eigenvalue weighted by molar-refractivity contribution is 5.34. The molecular weight excluding hydrogens is 192 g/mol. The minimum absolute atomic E-state index is 0.586. The molecule has 1 heterocycles. The van der Waals surface area contributed by atoms with E-state index < -0.39 is 0 Å². The second kappa shape index (κ2) is 7.20. The maximum atomic E-state index is 5.37. The molecule has 0 aliphatic rings. The number of rotatable bonds is 7. The van der Waals surface area contributed by atoms with Crippen molar-refractivity contribution in [3.63, 3.8) is 0 Å². The first-order chi connectivity index (χ1) is 7.36. The lowest BCUT2D eigenvalue weighted by molar-refractivity contribution is 0.0615. The molecule has 0 unspecified atom stereocenters. The molecule has 0 saturated carbocycles. The van der Waals surface area contributed by atoms with Crippen LogP contribution < -0.4 is 5.32 Å². The average molecular weight is 210 g/mol. The molecule has 0 saturated heterocycles. The maximum absolute atomic E-state index is 5.37. The fourth-order valence-electron chi connectivity index (χ4n) is 1.13. The Balaban J connectivity index is 2.29. The molecule has 0 amide bonds. The van der Waals surface area contributed by atoms with Gasteiger partial charge in [0.1, 0.15) is 5.82 Å². The van der Waals surface area contributed by atoms with Crippen molar-refractivity contribution in [2.24, 2.45) is 0 Å². The highest BCUT2D eigenvalue weighted by Gasteiger charge is 1.95. The third kappa shape index (κ3) is 4.76. The second-order valence-electron chi connectivity index (χ2n) is 3.13. The fraction of sp³-hybridized carbons (Fsp3) is 0.545. The Bertz CT molecular complexity index is 262. The van der Waals surface area contributed by atoms with Crippen LogP contribution in [0.4, 0.5) is 5.82 Å². The van der Waals surface area contributed by atoms with Gasteiger partial charge in [-0.3, -0.25) is 0 Å². The topological polar surface area (TPSA) is 43.4 Å². The van der Waals surface area contributed by atoms with E-state index in [1.807, 2.05) is 25.3 Å². The van der Waals surface area contributed by atoms with E-state index in [2.05, 4.69) is 10.3 Å². The van der Waals surface area contributed by atoms with Crippen LogP contribution in [0.3, 0.4) is 0 Å². The van der Waals surface area contributed by atoms with Crippen LogP contribution in [0.25, 0.3) is 0 Å². The summed E-state index contributed by atoms with van der Waals surface area (Å²) in [6.07, 6.45) is 1.82. The van der Waals surface area contributed by atoms with Gasteiger partial charge < -0.3 is 14.8 Å². The summed E-state index contributed by atoms with van der Waals surface area (Å²) in [7, 11) is 1.66. The molecule has 0 spiro atoms. The Hall–Kier alpha value is -1.13. The number of ether oxygens (including phenoxy) is 2. The van der Waals surface area contributed by atoms with E-state index >= 15 is 0 Å². The van der Waals surface area contributed by atoms with Crippen LogP contribution in [0, 0.1) is 0 Å². The molecule has 0 radical (unpaired) electrons. The average Bonchev–Trinajstić information content (AvgIpc) is 2.27. The third-order valence-corrected chi connectivity index (χ3v) is 1.88. The Morgan fingerprint density at radius 3 is 2.80 bits per heavy atom. The summed E-state index contributed by atoms with van der Waals surface area (Å²) >= 11 is 0. The predicted molar refractivity (Wildman–Crippen MR) is 59.9 cm³/mol. The summed E-state index contributed by atoms with van der Waals surface area (Å²) in [5.41, 5.74) is 1.08. The molecule has 1 aromatic heterocycles. The first kappa shape index (κ1) is 11.9. The molecule has 0 bridgehead atoms. The molecule has 0 aromatic carbocycles. The zero-order valence-electron chi connectivity index (χ0n) is 9.32. The number of methoxy groups -OCH3 is 1. The Morgan fingerprint density at radius 1 is 1.33 bits per heavy atom. The van der Waals surface area contributed by atoms with E-state index in [-0.39, 0.29) is 0 Å². The summed E-state index contributed by atoms with van der Waals surface area (Å²) in [5, 5.41) is 3.14. The summed E-state index contributed by atoms with van der Waals surface area (Å²) in [4.78, 5) is 4.24. The number of aromatic nitrogens is 1. The molecule has 0 aliphatic carbocycles. The molecule has 1 aromatic rings. The summed E-state index contributed by atoms with van der Waals surface area (Å²) in [6.45, 7) is 4.76. The lowest BCUT2D eigenvalue weighted by Crippen LogP contribution is -2.03. The van der Waals surface area contributed by atoms with Gasteiger partial charge in [0, 0.05) is 19.9 Å². The number of anilines is 1. The van der Waals surface area contributed by atoms with Crippen molar-refractivity contribution in [3.8, 4) is 0 Å². The van der Waals surface area contributed by atoms with Crippen LogP contribution in [0.2, 0.25) is 0 Å². The Labute approximate surface area is 90.6 Å². The molecule has 1 N–H and O–H groups in total. The summed E-state index contributed by atoms with van der Waals surface area (Å²) < 4.78 is 10.3. The summed E-state index contributed by atoms with van der Waals surface area (Å²) in [5.74, 6) is 0.901. The van der Waals surface area contributed by atoms with Gasteiger partial charge in [0.2, 0.25) is 0 Å². The number of nitrogens with zero attached hydrogens (tertiary/aromatic N) is 1. The van der Waals surface area contributed by atoms with Gasteiger partial charge in [0.25, 0.3) is 0 Å². The maximum Gasteiger partial charge on any atom is 0.125 e. The molecule has 4 nitrogen and oxygen atoms in total. The minimum atomic E-state index is 0.586. The third-order valence-electron chi connectivity index (χ3n) is 1.88. The van der Waals surface area contributed by atoms with Crippen molar-refractivity contribution < 1.29 is 9.47 Å². The lowest BCUT2D eigenvalue weighted by atomic mass is 10.3. The van der Waals surface area contributed by atoms with Gasteiger partial charge in [-0.25, -0.2) is 4.98 Å². The largest absolute Gasteiger partial charge is 0.382 e. The SMILES string of the molecule is CCNc1ccc(COCCOC)cn1. The number of hydrogen-bond acceptors (Lipinski definition) is 4. The van der Waals surface area contributed by atoms with Crippen molar-refractivity contribution in [2.75, 3.05) is 32.2 Å². The highest BCUT2D eigenvalue weighted by atomic mass is 16.5. The molecule has 1 rings (SSSR count). The van der Waals surface area contributed by atoms with Crippen LogP contribution in [0.1, 0.15) is 12.5 Å². The monoisotopic (exact) mass is 210 g/mol. The molecule has 84 valence electrons. The van der Waals surface area contributed by atoms with Gasteiger partial charge in [-0.1, -0.05) is 6.07 Å². The number of nitrogens with one attached hydrogen (secondary N) is 1. The van der Waals surface area contributed by atoms with E-state index in [4.69, 9.17) is 9.47 Å². The molecule has 0 aliphatic heterocycles. The van der Waals surface area contributed by atoms with Gasteiger partial charge in [0.15, 0.2) is 0 Å². The normalized spacial score (nSPS) is 10.3. The number of pyridine rings is 1. The fourth-order valence-corrected chi connectivity index (χ4v) is 1.13. The van der Waals surface area contributed by atoms with E-state index in [1.165, 1.54) is 0 Å². The molecule has 0 fully saturated rings. The molecule has 0 atom stereocenters. The van der Waals surface area contributed by atoms with Crippen molar-refractivity contribution in [3.05, 3.63) is 23.9 Å². The van der Waals surface area contributed by atoms with Crippen LogP contribution in [0.5, 0.6) is 0 Å². The van der Waals surface area contributed by atoms with E-state index in [1.54, 1.807) is 7.11 Å². The Morgan fingerprint density at radius 2 is 2.20 bits per heavy atom. The van der Waals surface area contributed by atoms with Crippen molar-refractivity contribution >= 4 is 5.82 Å². The quantitative estimate of drug-likeness (QED) is 0.695. The van der Waals surface area contributed by atoms with E-state index in [9.17, 15) is 0 Å². The van der Waals surface area contributed by atoms with Crippen molar-refractivity contribution in [1.29, 1.82) is 0 Å². The van der Waals surface area contributed by atoms with Gasteiger partial charge in [-0.2, -0.15) is 0 Å². The minimum Gasteiger partial charge on any atom is -0.382 e. The second-order valence-corrected chi connectivity index (χ2v) is 3.13. The smallest absolute Gasteiger partial charge is 0.125 e. The zero-order chi connectivity index (χ0) is 10.9. The van der Waals surface area contributed by atoms with Gasteiger partial charge in [0.05, 0.1) is 19.8 Å². The predicted octanol–water partition coefficient (Wildman–Crippen LogP) is 1.68. The van der Waals surface area contributed by atoms with Gasteiger partial charge in [-0.05, 0) is 18.6 Å². The molecule has 15 heavy (non-hydrogen) atoms. The Kier molecular flexibility index (Phi) is 5.73. The van der Waals surface area contributed by atoms with Gasteiger partial charge >= 0.3 is 0 Å². The lowest BCUT2D eigenvalue weighted by Gasteiger charge is -2.05. The first-order valence-electron chi connectivity index (χ1n) is 5.12. The van der Waals surface area contributed by atoms with Crippen LogP contribution in [0.15, 0.2) is 18.3 Å². The van der Waals surface area contributed by atoms with Crippen LogP contribution in [-0.4, -0.2) is 31.9 Å². The highest BCUT2D eigenvalue weighted by Crippen LogP contribution is 2.05. The van der Waals surface area contributed by atoms with E-state index in [0.29, 0.717) is 19.8 Å². The molecular formula is C11H18N2O2. The van der Waals surface area contributed by atoms with Crippen LogP contribution >= 0.6 is 0 Å². The van der Waals surface area contributed by atoms with E-state index in [0.717, 1.165) is 17.9 Å². The van der Waals surface area contributed by atoms with Crippen LogP contribution in [-0.2, 0) is 16.1 Å². The summed E-state index contributed by atoms with van der Waals surface area (Å²) in [6, 6.07) is 3.97. The van der Waals surface area contributed by atoms with Gasteiger partial charge in [-0.15, -0.1) is 0 Å². The number of hydrogen-bond donors (Lipinski definition) is 1. The standard InChI is InChI=1S/C11H18N2O2/c1-3-12-11-5-4-10(8-13-11)9-15-7-6-14-2/h4-5,8H,3,6-7,9H2,1-2H3,(H,12,13). The van der Waals surface area contributed by atoms with Crippen molar-refractivity contribution in [1.82, 2.24) is 4.98 Å². The first-order valence-corrected chi connectivity index (χ1v) is 5.12. The molecule has 4 heteroatoms.